The van der Waals surface area contributed by atoms with Gasteiger partial charge in [-0.3, -0.25) is 0 Å². The Morgan fingerprint density at radius 3 is 2.64 bits per heavy atom. The lowest BCUT2D eigenvalue weighted by Crippen LogP contribution is -2.37. The van der Waals surface area contributed by atoms with Crippen LogP contribution in [0.15, 0.2) is 42.6 Å². The molecule has 0 bridgehead atoms. The number of alkyl halides is 2. The fraction of sp³-hybridized carbons (Fsp3) is 0.536. The molecule has 2 aliphatic rings. The number of carbonyl (C=O) groups is 1. The Balaban J connectivity index is 1.40. The number of hydrogen-bond donors (Lipinski definition) is 2. The molecule has 9 nitrogen and oxygen atoms in total. The Hall–Kier alpha value is -3.31. The zero-order valence-corrected chi connectivity index (χ0v) is 22.1. The Kier molecular flexibility index (Phi) is 8.27. The molecule has 1 aliphatic carbocycles. The number of halogens is 2. The number of aromatic nitrogens is 3. The highest BCUT2D eigenvalue weighted by atomic mass is 19.3. The van der Waals surface area contributed by atoms with Crippen LogP contribution < -0.4 is 10.2 Å². The van der Waals surface area contributed by atoms with Crippen LogP contribution in [0.2, 0.25) is 0 Å². The van der Waals surface area contributed by atoms with Gasteiger partial charge in [0.1, 0.15) is 12.3 Å². The standard InChI is InChI=1S/C28H35F2N5O4/c1-34(21-9-13-38-14-10-21)24-15-25-31-22(16-35(25)33-23(24)17-36)26(20-7-11-28(29,30)12-8-20)32-27(37)39-18-19-5-3-2-4-6-19/h2-6,15-16,20-21,26,36H,7-14,17-18H2,1H3,(H,32,37)/t26-/m0/s1. The van der Waals surface area contributed by atoms with Crippen LogP contribution in [0.1, 0.15) is 61.5 Å². The number of nitrogens with one attached hydrogen (secondary N) is 1. The summed E-state index contributed by atoms with van der Waals surface area (Å²) in [5, 5.41) is 17.6. The van der Waals surface area contributed by atoms with Gasteiger partial charge in [-0.25, -0.2) is 23.1 Å². The molecule has 1 aromatic carbocycles. The number of amides is 1. The third-order valence-electron chi connectivity index (χ3n) is 7.83. The van der Waals surface area contributed by atoms with Crippen molar-refractivity contribution in [3.63, 3.8) is 0 Å². The number of alkyl carbamates (subject to hydrolysis) is 1. The third kappa shape index (κ3) is 6.47. The largest absolute Gasteiger partial charge is 0.445 e. The first-order chi connectivity index (χ1) is 18.8. The summed E-state index contributed by atoms with van der Waals surface area (Å²) in [4.78, 5) is 19.7. The molecular formula is C28H35F2N5O4. The van der Waals surface area contributed by atoms with Gasteiger partial charge in [0.25, 0.3) is 0 Å². The van der Waals surface area contributed by atoms with Gasteiger partial charge in [-0.2, -0.15) is 5.10 Å². The van der Waals surface area contributed by atoms with Crippen molar-refractivity contribution in [3.8, 4) is 0 Å². The summed E-state index contributed by atoms with van der Waals surface area (Å²) >= 11 is 0. The smallest absolute Gasteiger partial charge is 0.408 e. The van der Waals surface area contributed by atoms with E-state index in [0.29, 0.717) is 30.2 Å². The van der Waals surface area contributed by atoms with Crippen LogP contribution in [0.4, 0.5) is 19.3 Å². The molecule has 1 aliphatic heterocycles. The lowest BCUT2D eigenvalue weighted by atomic mass is 9.81. The van der Waals surface area contributed by atoms with E-state index in [9.17, 15) is 18.7 Å². The number of fused-ring (bicyclic) bond motifs is 1. The van der Waals surface area contributed by atoms with Crippen molar-refractivity contribution >= 4 is 17.4 Å². The van der Waals surface area contributed by atoms with Crippen molar-refractivity contribution in [2.45, 2.75) is 69.7 Å². The molecule has 1 amide bonds. The van der Waals surface area contributed by atoms with Crippen LogP contribution in [-0.4, -0.2) is 58.0 Å². The first-order valence-electron chi connectivity index (χ1n) is 13.5. The molecular weight excluding hydrogens is 508 g/mol. The minimum Gasteiger partial charge on any atom is -0.445 e. The predicted octanol–water partition coefficient (Wildman–Crippen LogP) is 4.63. The minimum absolute atomic E-state index is 0.0939. The predicted molar refractivity (Wildman–Crippen MR) is 141 cm³/mol. The van der Waals surface area contributed by atoms with Crippen LogP contribution in [0.3, 0.4) is 0 Å². The number of imidazole rings is 1. The third-order valence-corrected chi connectivity index (χ3v) is 7.83. The van der Waals surface area contributed by atoms with Gasteiger partial charge in [-0.15, -0.1) is 0 Å². The quantitative estimate of drug-likeness (QED) is 0.427. The molecule has 39 heavy (non-hydrogen) atoms. The van der Waals surface area contributed by atoms with E-state index in [0.717, 1.165) is 24.1 Å². The van der Waals surface area contributed by atoms with E-state index in [-0.39, 0.29) is 50.9 Å². The number of nitrogens with zero attached hydrogens (tertiary/aromatic N) is 4. The molecule has 0 radical (unpaired) electrons. The SMILES string of the molecule is CN(c1cc2nc([C@@H](NC(=O)OCc3ccccc3)C3CCC(F)(F)CC3)cn2nc1CO)C1CCOCC1. The van der Waals surface area contributed by atoms with Gasteiger partial charge >= 0.3 is 6.09 Å². The average molecular weight is 544 g/mol. The van der Waals surface area contributed by atoms with Gasteiger partial charge in [-0.05, 0) is 37.2 Å². The number of benzene rings is 1. The van der Waals surface area contributed by atoms with E-state index in [1.165, 1.54) is 0 Å². The number of aliphatic hydroxyl groups is 1. The lowest BCUT2D eigenvalue weighted by molar-refractivity contribution is -0.0497. The number of carbonyl (C=O) groups excluding carboxylic acids is 1. The van der Waals surface area contributed by atoms with Crippen LogP contribution in [-0.2, 0) is 22.7 Å². The number of anilines is 1. The van der Waals surface area contributed by atoms with Gasteiger partial charge in [0, 0.05) is 45.2 Å². The van der Waals surface area contributed by atoms with Gasteiger partial charge < -0.3 is 24.8 Å². The molecule has 210 valence electrons. The van der Waals surface area contributed by atoms with Crippen LogP contribution in [0, 0.1) is 5.92 Å². The number of rotatable bonds is 8. The topological polar surface area (TPSA) is 101 Å². The van der Waals surface area contributed by atoms with Crippen LogP contribution in [0.5, 0.6) is 0 Å². The zero-order valence-electron chi connectivity index (χ0n) is 22.1. The fourth-order valence-corrected chi connectivity index (χ4v) is 5.53. The summed E-state index contributed by atoms with van der Waals surface area (Å²) in [7, 11) is 1.97. The van der Waals surface area contributed by atoms with Crippen molar-refractivity contribution in [2.75, 3.05) is 25.2 Å². The molecule has 3 heterocycles. The van der Waals surface area contributed by atoms with E-state index < -0.39 is 18.1 Å². The second-order valence-electron chi connectivity index (χ2n) is 10.4. The van der Waals surface area contributed by atoms with E-state index in [2.05, 4.69) is 15.3 Å². The highest BCUT2D eigenvalue weighted by molar-refractivity contribution is 5.68. The van der Waals surface area contributed by atoms with Gasteiger partial charge in [-0.1, -0.05) is 30.3 Å². The van der Waals surface area contributed by atoms with Crippen LogP contribution in [0.25, 0.3) is 5.65 Å². The molecule has 1 atom stereocenters. The normalized spacial score (nSPS) is 19.1. The molecule has 5 rings (SSSR count). The maximum atomic E-state index is 14.0. The zero-order chi connectivity index (χ0) is 27.4. The van der Waals surface area contributed by atoms with E-state index in [1.807, 2.05) is 43.4 Å². The van der Waals surface area contributed by atoms with Crippen molar-refractivity contribution in [3.05, 3.63) is 59.5 Å². The molecule has 0 spiro atoms. The van der Waals surface area contributed by atoms with E-state index in [4.69, 9.17) is 14.5 Å². The van der Waals surface area contributed by atoms with Crippen molar-refractivity contribution < 1.29 is 28.2 Å². The van der Waals surface area contributed by atoms with E-state index in [1.54, 1.807) is 10.7 Å². The maximum Gasteiger partial charge on any atom is 0.408 e. The van der Waals surface area contributed by atoms with Crippen molar-refractivity contribution in [2.24, 2.45) is 5.92 Å². The molecule has 2 N–H and O–H groups in total. The molecule has 11 heteroatoms. The van der Waals surface area contributed by atoms with Crippen molar-refractivity contribution in [1.29, 1.82) is 0 Å². The maximum absolute atomic E-state index is 14.0. The lowest BCUT2D eigenvalue weighted by Gasteiger charge is -2.33. The molecule has 3 aromatic rings. The Bertz CT molecular complexity index is 1260. The molecule has 1 saturated heterocycles. The van der Waals surface area contributed by atoms with Gasteiger partial charge in [0.05, 0.1) is 30.2 Å². The fourth-order valence-electron chi connectivity index (χ4n) is 5.53. The number of aliphatic hydroxyl groups excluding tert-OH is 1. The first kappa shape index (κ1) is 27.3. The molecule has 1 saturated carbocycles. The molecule has 0 unspecified atom stereocenters. The summed E-state index contributed by atoms with van der Waals surface area (Å²) in [6.45, 7) is 1.20. The van der Waals surface area contributed by atoms with Crippen molar-refractivity contribution in [1.82, 2.24) is 19.9 Å². The molecule has 2 aromatic heterocycles. The second-order valence-corrected chi connectivity index (χ2v) is 10.4. The summed E-state index contributed by atoms with van der Waals surface area (Å²) in [6, 6.07) is 10.8. The number of hydrogen-bond acceptors (Lipinski definition) is 7. The average Bonchev–Trinajstić information content (AvgIpc) is 3.37. The summed E-state index contributed by atoms with van der Waals surface area (Å²) in [6.07, 6.45) is 2.81. The Morgan fingerprint density at radius 2 is 1.95 bits per heavy atom. The number of ether oxygens (including phenoxy) is 2. The summed E-state index contributed by atoms with van der Waals surface area (Å²) < 4.78 is 40.4. The Labute approximate surface area is 226 Å². The first-order valence-corrected chi connectivity index (χ1v) is 13.5. The highest BCUT2D eigenvalue weighted by Crippen LogP contribution is 2.41. The molecule has 2 fully saturated rings. The van der Waals surface area contributed by atoms with Gasteiger partial charge in [0.2, 0.25) is 5.92 Å². The minimum atomic E-state index is -2.70. The summed E-state index contributed by atoms with van der Waals surface area (Å²) in [5.41, 5.74) is 3.18. The van der Waals surface area contributed by atoms with E-state index >= 15 is 0 Å². The second kappa shape index (κ2) is 11.8. The van der Waals surface area contributed by atoms with Gasteiger partial charge in [0.15, 0.2) is 5.65 Å². The highest BCUT2D eigenvalue weighted by Gasteiger charge is 2.39. The van der Waals surface area contributed by atoms with Crippen LogP contribution >= 0.6 is 0 Å². The Morgan fingerprint density at radius 1 is 1.23 bits per heavy atom. The monoisotopic (exact) mass is 543 g/mol. The summed E-state index contributed by atoms with van der Waals surface area (Å²) in [5.74, 6) is -2.94.